The zero-order valence-corrected chi connectivity index (χ0v) is 10.4. The molecule has 0 bridgehead atoms. The van der Waals surface area contributed by atoms with Crippen LogP contribution in [0.4, 0.5) is 0 Å². The summed E-state index contributed by atoms with van der Waals surface area (Å²) >= 11 is 0. The van der Waals surface area contributed by atoms with Crippen LogP contribution in [0.3, 0.4) is 0 Å². The molecule has 0 aromatic carbocycles. The fraction of sp³-hybridized carbons (Fsp3) is 0.692. The van der Waals surface area contributed by atoms with Gasteiger partial charge in [0.25, 0.3) is 0 Å². The minimum atomic E-state index is 0.169. The number of Topliss-reactive ketones (excluding diaryl/α,β-unsaturated/α-hetero) is 1. The fourth-order valence-electron chi connectivity index (χ4n) is 2.82. The van der Waals surface area contributed by atoms with Gasteiger partial charge in [0.05, 0.1) is 6.42 Å². The Balaban J connectivity index is 2.01. The van der Waals surface area contributed by atoms with Crippen LogP contribution < -0.4 is 5.73 Å². The second kappa shape index (κ2) is 5.45. The van der Waals surface area contributed by atoms with Crippen molar-refractivity contribution in [3.8, 4) is 0 Å². The zero-order valence-electron chi connectivity index (χ0n) is 10.4. The van der Waals surface area contributed by atoms with Crippen LogP contribution in [-0.2, 0) is 17.8 Å². The van der Waals surface area contributed by atoms with E-state index < -0.39 is 0 Å². The molecule has 1 aliphatic carbocycles. The molecule has 4 nitrogen and oxygen atoms in total. The molecule has 1 aromatic rings. The zero-order chi connectivity index (χ0) is 12.3. The second-order valence-electron chi connectivity index (χ2n) is 4.81. The lowest BCUT2D eigenvalue weighted by molar-refractivity contribution is -0.123. The average Bonchev–Trinajstić information content (AvgIpc) is 2.96. The molecule has 2 rings (SSSR count). The van der Waals surface area contributed by atoms with Crippen molar-refractivity contribution < 1.29 is 4.79 Å². The predicted molar refractivity (Wildman–Crippen MR) is 66.5 cm³/mol. The van der Waals surface area contributed by atoms with E-state index in [1.54, 1.807) is 6.20 Å². The number of rotatable bonds is 5. The molecule has 1 saturated carbocycles. The summed E-state index contributed by atoms with van der Waals surface area (Å²) in [6.07, 6.45) is 7.41. The highest BCUT2D eigenvalue weighted by Crippen LogP contribution is 2.32. The molecule has 1 fully saturated rings. The third kappa shape index (κ3) is 2.57. The van der Waals surface area contributed by atoms with Crippen molar-refractivity contribution in [2.45, 2.75) is 39.2 Å². The number of hydrogen-bond acceptors (Lipinski definition) is 3. The summed E-state index contributed by atoms with van der Waals surface area (Å²) in [5.41, 5.74) is 5.72. The highest BCUT2D eigenvalue weighted by molar-refractivity contribution is 5.83. The quantitative estimate of drug-likeness (QED) is 0.839. The lowest BCUT2D eigenvalue weighted by Gasteiger charge is -2.16. The Kier molecular flexibility index (Phi) is 3.94. The van der Waals surface area contributed by atoms with Crippen LogP contribution in [0.5, 0.6) is 0 Å². The molecule has 2 N–H and O–H groups in total. The highest BCUT2D eigenvalue weighted by Gasteiger charge is 2.32. The number of aryl methyl sites for hydroxylation is 1. The van der Waals surface area contributed by atoms with Gasteiger partial charge in [-0.25, -0.2) is 4.98 Å². The Labute approximate surface area is 102 Å². The van der Waals surface area contributed by atoms with Crippen molar-refractivity contribution in [1.82, 2.24) is 9.55 Å². The topological polar surface area (TPSA) is 60.9 Å². The standard InChI is InChI=1S/C13H21N3O/c1-2-16-7-6-15-13(16)8-12(17)11-5-3-4-10(11)9-14/h6-7,10-11H,2-5,8-9,14H2,1H3. The molecule has 0 saturated heterocycles. The Morgan fingerprint density at radius 2 is 2.41 bits per heavy atom. The summed E-state index contributed by atoms with van der Waals surface area (Å²) in [5.74, 6) is 1.77. The number of ketones is 1. The van der Waals surface area contributed by atoms with Crippen LogP contribution in [0.1, 0.15) is 32.0 Å². The van der Waals surface area contributed by atoms with E-state index >= 15 is 0 Å². The van der Waals surface area contributed by atoms with Crippen molar-refractivity contribution >= 4 is 5.78 Å². The number of carbonyl (C=O) groups excluding carboxylic acids is 1. The fourth-order valence-corrected chi connectivity index (χ4v) is 2.82. The Bertz CT molecular complexity index is 386. The molecule has 0 aliphatic heterocycles. The van der Waals surface area contributed by atoms with Crippen LogP contribution in [0.15, 0.2) is 12.4 Å². The summed E-state index contributed by atoms with van der Waals surface area (Å²) in [6.45, 7) is 3.57. The normalized spacial score (nSPS) is 24.1. The van der Waals surface area contributed by atoms with Gasteiger partial charge in [-0.15, -0.1) is 0 Å². The van der Waals surface area contributed by atoms with Crippen LogP contribution in [0.2, 0.25) is 0 Å². The SMILES string of the molecule is CCn1ccnc1CC(=O)C1CCCC1CN. The number of nitrogens with zero attached hydrogens (tertiary/aromatic N) is 2. The largest absolute Gasteiger partial charge is 0.335 e. The van der Waals surface area contributed by atoms with E-state index in [0.717, 1.165) is 31.6 Å². The molecule has 94 valence electrons. The van der Waals surface area contributed by atoms with Crippen molar-refractivity contribution in [2.24, 2.45) is 17.6 Å². The number of aromatic nitrogens is 2. The molecule has 4 heteroatoms. The van der Waals surface area contributed by atoms with Crippen molar-refractivity contribution in [3.05, 3.63) is 18.2 Å². The number of carbonyl (C=O) groups is 1. The molecule has 17 heavy (non-hydrogen) atoms. The second-order valence-corrected chi connectivity index (χ2v) is 4.81. The van der Waals surface area contributed by atoms with Crippen LogP contribution in [-0.4, -0.2) is 21.9 Å². The molecule has 1 heterocycles. The summed E-state index contributed by atoms with van der Waals surface area (Å²) in [6, 6.07) is 0. The van der Waals surface area contributed by atoms with Gasteiger partial charge in [0.15, 0.2) is 0 Å². The lowest BCUT2D eigenvalue weighted by atomic mass is 9.90. The summed E-state index contributed by atoms with van der Waals surface area (Å²) in [4.78, 5) is 16.5. The third-order valence-electron chi connectivity index (χ3n) is 3.85. The van der Waals surface area contributed by atoms with E-state index in [2.05, 4.69) is 11.9 Å². The Morgan fingerprint density at radius 3 is 3.12 bits per heavy atom. The van der Waals surface area contributed by atoms with E-state index in [9.17, 15) is 4.79 Å². The minimum absolute atomic E-state index is 0.169. The summed E-state index contributed by atoms with van der Waals surface area (Å²) in [5, 5.41) is 0. The van der Waals surface area contributed by atoms with Crippen LogP contribution in [0, 0.1) is 11.8 Å². The predicted octanol–water partition coefficient (Wildman–Crippen LogP) is 1.39. The van der Waals surface area contributed by atoms with Gasteiger partial charge in [-0.2, -0.15) is 0 Å². The summed E-state index contributed by atoms with van der Waals surface area (Å²) < 4.78 is 2.03. The molecule has 0 spiro atoms. The molecular weight excluding hydrogens is 214 g/mol. The van der Waals surface area contributed by atoms with Gasteiger partial charge in [0, 0.05) is 24.9 Å². The third-order valence-corrected chi connectivity index (χ3v) is 3.85. The Morgan fingerprint density at radius 1 is 1.59 bits per heavy atom. The van der Waals surface area contributed by atoms with E-state index in [0.29, 0.717) is 24.7 Å². The molecule has 2 atom stereocenters. The number of nitrogens with two attached hydrogens (primary N) is 1. The minimum Gasteiger partial charge on any atom is -0.335 e. The average molecular weight is 235 g/mol. The van der Waals surface area contributed by atoms with Gasteiger partial charge in [-0.1, -0.05) is 6.42 Å². The molecule has 0 radical (unpaired) electrons. The first-order valence-electron chi connectivity index (χ1n) is 6.49. The molecule has 0 amide bonds. The monoisotopic (exact) mass is 235 g/mol. The van der Waals surface area contributed by atoms with Crippen molar-refractivity contribution in [2.75, 3.05) is 6.54 Å². The van der Waals surface area contributed by atoms with Gasteiger partial charge in [-0.05, 0) is 32.2 Å². The van der Waals surface area contributed by atoms with Crippen molar-refractivity contribution in [1.29, 1.82) is 0 Å². The maximum atomic E-state index is 12.2. The maximum absolute atomic E-state index is 12.2. The molecule has 1 aliphatic rings. The Hall–Kier alpha value is -1.16. The van der Waals surface area contributed by atoms with Gasteiger partial charge < -0.3 is 10.3 Å². The first-order chi connectivity index (χ1) is 8.26. The van der Waals surface area contributed by atoms with E-state index in [-0.39, 0.29) is 5.92 Å². The van der Waals surface area contributed by atoms with Crippen molar-refractivity contribution in [3.63, 3.8) is 0 Å². The smallest absolute Gasteiger partial charge is 0.143 e. The molecule has 1 aromatic heterocycles. The molecule has 2 unspecified atom stereocenters. The van der Waals surface area contributed by atoms with Gasteiger partial charge >= 0.3 is 0 Å². The first-order valence-corrected chi connectivity index (χ1v) is 6.49. The van der Waals surface area contributed by atoms with E-state index in [1.807, 2.05) is 10.8 Å². The van der Waals surface area contributed by atoms with Crippen LogP contribution >= 0.6 is 0 Å². The van der Waals surface area contributed by atoms with E-state index in [4.69, 9.17) is 5.73 Å². The lowest BCUT2D eigenvalue weighted by Crippen LogP contribution is -2.27. The van der Waals surface area contributed by atoms with Gasteiger partial charge in [0.2, 0.25) is 0 Å². The first kappa shape index (κ1) is 12.3. The molecular formula is C13H21N3O. The maximum Gasteiger partial charge on any atom is 0.143 e. The van der Waals surface area contributed by atoms with E-state index in [1.165, 1.54) is 0 Å². The number of hydrogen-bond donors (Lipinski definition) is 1. The van der Waals surface area contributed by atoms with Gasteiger partial charge in [-0.3, -0.25) is 4.79 Å². The highest BCUT2D eigenvalue weighted by atomic mass is 16.1. The van der Waals surface area contributed by atoms with Crippen LogP contribution in [0.25, 0.3) is 0 Å². The summed E-state index contributed by atoms with van der Waals surface area (Å²) in [7, 11) is 0. The van der Waals surface area contributed by atoms with Gasteiger partial charge in [0.1, 0.15) is 11.6 Å². The number of imidazole rings is 1.